The van der Waals surface area contributed by atoms with Crippen LogP contribution in [-0.4, -0.2) is 35.2 Å². The fourth-order valence-corrected chi connectivity index (χ4v) is 2.03. The second-order valence-corrected chi connectivity index (χ2v) is 4.52. The van der Waals surface area contributed by atoms with E-state index in [2.05, 4.69) is 10.4 Å². The van der Waals surface area contributed by atoms with E-state index in [9.17, 15) is 13.6 Å². The van der Waals surface area contributed by atoms with E-state index in [0.29, 0.717) is 0 Å². The van der Waals surface area contributed by atoms with Crippen LogP contribution in [0.3, 0.4) is 0 Å². The minimum atomic E-state index is -1.54. The van der Waals surface area contributed by atoms with E-state index in [1.54, 1.807) is 0 Å². The summed E-state index contributed by atoms with van der Waals surface area (Å²) < 4.78 is 28.0. The maximum Gasteiger partial charge on any atom is 0.287 e. The Kier molecular flexibility index (Phi) is 3.65. The average Bonchev–Trinajstić information content (AvgIpc) is 2.29. The molecule has 0 unspecified atom stereocenters. The van der Waals surface area contributed by atoms with E-state index in [4.69, 9.17) is 23.2 Å². The molecule has 0 radical (unpaired) electrons. The second-order valence-electron chi connectivity index (χ2n) is 3.74. The van der Waals surface area contributed by atoms with Crippen molar-refractivity contribution < 1.29 is 8.78 Å². The van der Waals surface area contributed by atoms with Gasteiger partial charge in [-0.15, -0.1) is 0 Å². The van der Waals surface area contributed by atoms with Gasteiger partial charge in [0.2, 0.25) is 0 Å². The summed E-state index contributed by atoms with van der Waals surface area (Å²) in [5.74, 6) is 0. The first-order chi connectivity index (χ1) is 8.02. The summed E-state index contributed by atoms with van der Waals surface area (Å²) >= 11 is 11.2. The van der Waals surface area contributed by atoms with Crippen molar-refractivity contribution in [3.05, 3.63) is 26.6 Å². The third-order valence-corrected chi connectivity index (χ3v) is 3.35. The molecule has 1 fully saturated rings. The lowest BCUT2D eigenvalue weighted by molar-refractivity contribution is 0.0847. The Hall–Kier alpha value is -0.720. The van der Waals surface area contributed by atoms with Crippen molar-refractivity contribution >= 4 is 23.2 Å². The molecule has 2 atom stereocenters. The summed E-state index contributed by atoms with van der Waals surface area (Å²) in [7, 11) is 0. The van der Waals surface area contributed by atoms with Crippen molar-refractivity contribution in [2.45, 2.75) is 18.4 Å². The Bertz CT molecular complexity index is 472. The van der Waals surface area contributed by atoms with E-state index in [1.807, 2.05) is 0 Å². The van der Waals surface area contributed by atoms with E-state index >= 15 is 0 Å². The number of alkyl halides is 2. The first-order valence-corrected chi connectivity index (χ1v) is 5.69. The van der Waals surface area contributed by atoms with E-state index in [-0.39, 0.29) is 23.1 Å². The molecule has 1 aliphatic heterocycles. The number of hydrogen-bond acceptors (Lipinski definition) is 3. The lowest BCUT2D eigenvalue weighted by atomic mass is 10.0. The van der Waals surface area contributed by atoms with Crippen LogP contribution in [0.4, 0.5) is 8.78 Å². The number of halogens is 4. The highest BCUT2D eigenvalue weighted by molar-refractivity contribution is 6.41. The van der Waals surface area contributed by atoms with Crippen LogP contribution in [0.25, 0.3) is 0 Å². The first kappa shape index (κ1) is 12.7. The number of aromatic nitrogens is 2. The third kappa shape index (κ3) is 2.29. The van der Waals surface area contributed by atoms with Gasteiger partial charge in [-0.2, -0.15) is 5.10 Å². The maximum atomic E-state index is 13.6. The molecule has 0 saturated carbocycles. The number of piperidine rings is 1. The van der Waals surface area contributed by atoms with Gasteiger partial charge < -0.3 is 5.32 Å². The summed E-state index contributed by atoms with van der Waals surface area (Å²) in [6.07, 6.45) is -1.98. The smallest absolute Gasteiger partial charge is 0.287 e. The highest BCUT2D eigenvalue weighted by Gasteiger charge is 2.36. The molecule has 2 heterocycles. The standard InChI is InChI=1S/C9H9Cl2F2N3O/c10-4-1-15-16(9(17)7(4)11)8-5(12)2-14-3-6(8)13/h1,5-6,8,14H,2-3H2/t5-,6-/m0/s1. The molecule has 1 N–H and O–H groups in total. The Labute approximate surface area is 106 Å². The minimum absolute atomic E-state index is 0.0283. The molecule has 0 spiro atoms. The minimum Gasteiger partial charge on any atom is -0.311 e. The van der Waals surface area contributed by atoms with Crippen molar-refractivity contribution in [1.82, 2.24) is 15.1 Å². The van der Waals surface area contributed by atoms with Gasteiger partial charge in [-0.05, 0) is 0 Å². The van der Waals surface area contributed by atoms with Crippen LogP contribution in [0, 0.1) is 0 Å². The van der Waals surface area contributed by atoms with Gasteiger partial charge in [-0.25, -0.2) is 13.5 Å². The van der Waals surface area contributed by atoms with Gasteiger partial charge in [0.25, 0.3) is 5.56 Å². The molecule has 1 aromatic heterocycles. The molecule has 0 amide bonds. The Morgan fingerprint density at radius 2 is 1.94 bits per heavy atom. The van der Waals surface area contributed by atoms with Crippen LogP contribution in [-0.2, 0) is 0 Å². The SMILES string of the molecule is O=c1c(Cl)c(Cl)cnn1C1[C@@H](F)CNC[C@@H]1F. The van der Waals surface area contributed by atoms with Gasteiger partial charge in [0.15, 0.2) is 0 Å². The molecule has 8 heteroatoms. The third-order valence-electron chi connectivity index (χ3n) is 2.60. The van der Waals surface area contributed by atoms with Crippen LogP contribution >= 0.6 is 23.2 Å². The second kappa shape index (κ2) is 4.88. The Morgan fingerprint density at radius 3 is 2.53 bits per heavy atom. The number of nitrogens with zero attached hydrogens (tertiary/aromatic N) is 2. The summed E-state index contributed by atoms with van der Waals surface area (Å²) in [4.78, 5) is 11.7. The molecule has 2 rings (SSSR count). The van der Waals surface area contributed by atoms with Crippen LogP contribution in [0.2, 0.25) is 10.0 Å². The van der Waals surface area contributed by atoms with Crippen LogP contribution in [0.15, 0.2) is 11.0 Å². The fraction of sp³-hybridized carbons (Fsp3) is 0.556. The number of rotatable bonds is 1. The summed E-state index contributed by atoms with van der Waals surface area (Å²) in [5, 5.41) is 5.91. The quantitative estimate of drug-likeness (QED) is 0.847. The predicted octanol–water partition coefficient (Wildman–Crippen LogP) is 1.37. The Balaban J connectivity index is 2.46. The number of hydrogen-bond donors (Lipinski definition) is 1. The lowest BCUT2D eigenvalue weighted by Gasteiger charge is -2.30. The predicted molar refractivity (Wildman–Crippen MR) is 60.2 cm³/mol. The molecule has 4 nitrogen and oxygen atoms in total. The van der Waals surface area contributed by atoms with Gasteiger partial charge in [-0.1, -0.05) is 23.2 Å². The molecule has 1 aromatic rings. The zero-order valence-electron chi connectivity index (χ0n) is 8.54. The van der Waals surface area contributed by atoms with Gasteiger partial charge in [0, 0.05) is 13.1 Å². The van der Waals surface area contributed by atoms with Gasteiger partial charge >= 0.3 is 0 Å². The van der Waals surface area contributed by atoms with Crippen LogP contribution in [0.1, 0.15) is 6.04 Å². The van der Waals surface area contributed by atoms with Crippen molar-refractivity contribution in [3.63, 3.8) is 0 Å². The van der Waals surface area contributed by atoms with Crippen molar-refractivity contribution in [1.29, 1.82) is 0 Å². The maximum absolute atomic E-state index is 13.6. The molecule has 0 aliphatic carbocycles. The zero-order chi connectivity index (χ0) is 12.6. The average molecular weight is 284 g/mol. The van der Waals surface area contributed by atoms with Crippen molar-refractivity contribution in [2.24, 2.45) is 0 Å². The zero-order valence-corrected chi connectivity index (χ0v) is 10.1. The topological polar surface area (TPSA) is 46.9 Å². The van der Waals surface area contributed by atoms with Crippen molar-refractivity contribution in [2.75, 3.05) is 13.1 Å². The number of nitrogens with one attached hydrogen (secondary N) is 1. The molecular weight excluding hydrogens is 275 g/mol. The molecule has 94 valence electrons. The highest BCUT2D eigenvalue weighted by atomic mass is 35.5. The van der Waals surface area contributed by atoms with Gasteiger partial charge in [0.1, 0.15) is 23.4 Å². The van der Waals surface area contributed by atoms with Crippen molar-refractivity contribution in [3.8, 4) is 0 Å². The molecule has 17 heavy (non-hydrogen) atoms. The molecule has 0 bridgehead atoms. The van der Waals surface area contributed by atoms with E-state index < -0.39 is 23.9 Å². The monoisotopic (exact) mass is 283 g/mol. The van der Waals surface area contributed by atoms with Gasteiger partial charge in [0.05, 0.1) is 11.2 Å². The fourth-order valence-electron chi connectivity index (χ4n) is 1.77. The molecule has 0 aromatic carbocycles. The lowest BCUT2D eigenvalue weighted by Crippen LogP contribution is -2.50. The molecule has 1 aliphatic rings. The summed E-state index contributed by atoms with van der Waals surface area (Å²) in [6, 6.07) is -1.27. The Morgan fingerprint density at radius 1 is 1.35 bits per heavy atom. The van der Waals surface area contributed by atoms with E-state index in [1.165, 1.54) is 0 Å². The highest BCUT2D eigenvalue weighted by Crippen LogP contribution is 2.24. The first-order valence-electron chi connectivity index (χ1n) is 4.94. The summed E-state index contributed by atoms with van der Waals surface area (Å²) in [6.45, 7) is -0.0566. The summed E-state index contributed by atoms with van der Waals surface area (Å²) in [5.41, 5.74) is -0.781. The molecule has 1 saturated heterocycles. The molecular formula is C9H9Cl2F2N3O. The van der Waals surface area contributed by atoms with Crippen LogP contribution in [0.5, 0.6) is 0 Å². The van der Waals surface area contributed by atoms with Gasteiger partial charge in [-0.3, -0.25) is 4.79 Å². The van der Waals surface area contributed by atoms with E-state index in [0.717, 1.165) is 10.9 Å². The van der Waals surface area contributed by atoms with Crippen LogP contribution < -0.4 is 10.9 Å². The largest absolute Gasteiger partial charge is 0.311 e. The normalized spacial score (nSPS) is 26.1.